The number of aliphatic hydroxyl groups is 1. The first kappa shape index (κ1) is 15.0. The van der Waals surface area contributed by atoms with Crippen molar-refractivity contribution in [3.63, 3.8) is 0 Å². The average Bonchev–Trinajstić information content (AvgIpc) is 2.44. The molecule has 2 unspecified atom stereocenters. The molecule has 0 amide bonds. The van der Waals surface area contributed by atoms with Crippen LogP contribution >= 0.6 is 0 Å². The monoisotopic (exact) mass is 280 g/mol. The normalized spacial score (nSPS) is 23.1. The standard InChI is InChI=1S/C14H24N4O2/c1-4-5-12-16-13(15)10(3)14(17-12)18-6-11(7-19)20-8-9(18)2/h9,11,19H,4-8H2,1-3H3,(H2,15,16,17). The van der Waals surface area contributed by atoms with Gasteiger partial charge in [0.1, 0.15) is 17.5 Å². The molecule has 1 aliphatic rings. The molecule has 1 saturated heterocycles. The van der Waals surface area contributed by atoms with E-state index in [0.29, 0.717) is 19.0 Å². The molecule has 0 radical (unpaired) electrons. The summed E-state index contributed by atoms with van der Waals surface area (Å²) in [6.45, 7) is 7.35. The molecule has 0 saturated carbocycles. The molecule has 3 N–H and O–H groups in total. The van der Waals surface area contributed by atoms with Crippen molar-refractivity contribution >= 4 is 11.6 Å². The largest absolute Gasteiger partial charge is 0.394 e. The van der Waals surface area contributed by atoms with Crippen molar-refractivity contribution in [2.24, 2.45) is 0 Å². The number of hydrogen-bond donors (Lipinski definition) is 2. The molecular formula is C14H24N4O2. The molecule has 0 spiro atoms. The Bertz CT molecular complexity index is 467. The van der Waals surface area contributed by atoms with Crippen LogP contribution in [0.25, 0.3) is 0 Å². The first-order chi connectivity index (χ1) is 9.56. The minimum absolute atomic E-state index is 0.0185. The maximum Gasteiger partial charge on any atom is 0.137 e. The lowest BCUT2D eigenvalue weighted by Crippen LogP contribution is -2.50. The third-order valence-electron chi connectivity index (χ3n) is 3.66. The number of anilines is 2. The molecule has 1 aromatic heterocycles. The molecule has 1 fully saturated rings. The maximum atomic E-state index is 9.30. The Morgan fingerprint density at radius 3 is 2.85 bits per heavy atom. The number of nitrogens with zero attached hydrogens (tertiary/aromatic N) is 3. The zero-order valence-electron chi connectivity index (χ0n) is 12.5. The lowest BCUT2D eigenvalue weighted by Gasteiger charge is -2.39. The van der Waals surface area contributed by atoms with Crippen molar-refractivity contribution in [2.75, 3.05) is 30.4 Å². The highest BCUT2D eigenvalue weighted by molar-refractivity contribution is 5.57. The highest BCUT2D eigenvalue weighted by Gasteiger charge is 2.28. The van der Waals surface area contributed by atoms with E-state index in [1.807, 2.05) is 6.92 Å². The Kier molecular flexibility index (Phi) is 4.77. The van der Waals surface area contributed by atoms with Gasteiger partial charge in [-0.15, -0.1) is 0 Å². The van der Waals surface area contributed by atoms with Crippen LogP contribution in [-0.2, 0) is 11.2 Å². The smallest absolute Gasteiger partial charge is 0.137 e. The maximum absolute atomic E-state index is 9.30. The molecule has 112 valence electrons. The number of aryl methyl sites for hydroxylation is 1. The van der Waals surface area contributed by atoms with Gasteiger partial charge in [-0.1, -0.05) is 6.92 Å². The zero-order chi connectivity index (χ0) is 14.7. The molecule has 6 heteroatoms. The summed E-state index contributed by atoms with van der Waals surface area (Å²) in [6.07, 6.45) is 1.64. The molecular weight excluding hydrogens is 256 g/mol. The first-order valence-electron chi connectivity index (χ1n) is 7.18. The van der Waals surface area contributed by atoms with Crippen molar-refractivity contribution < 1.29 is 9.84 Å². The van der Waals surface area contributed by atoms with Gasteiger partial charge in [0, 0.05) is 18.5 Å². The summed E-state index contributed by atoms with van der Waals surface area (Å²) in [5, 5.41) is 9.30. The summed E-state index contributed by atoms with van der Waals surface area (Å²) in [6, 6.07) is 0.209. The van der Waals surface area contributed by atoms with E-state index in [1.54, 1.807) is 0 Å². The summed E-state index contributed by atoms with van der Waals surface area (Å²) in [4.78, 5) is 11.2. The fraction of sp³-hybridized carbons (Fsp3) is 0.714. The van der Waals surface area contributed by atoms with Gasteiger partial charge in [0.05, 0.1) is 25.4 Å². The van der Waals surface area contributed by atoms with Crippen LogP contribution in [-0.4, -0.2) is 47.0 Å². The van der Waals surface area contributed by atoms with Crippen LogP contribution in [0.5, 0.6) is 0 Å². The van der Waals surface area contributed by atoms with Crippen molar-refractivity contribution in [1.29, 1.82) is 0 Å². The van der Waals surface area contributed by atoms with Crippen LogP contribution in [0.4, 0.5) is 11.6 Å². The predicted molar refractivity (Wildman–Crippen MR) is 78.8 cm³/mol. The Morgan fingerprint density at radius 1 is 1.45 bits per heavy atom. The van der Waals surface area contributed by atoms with Gasteiger partial charge in [-0.3, -0.25) is 0 Å². The van der Waals surface area contributed by atoms with Gasteiger partial charge in [0.25, 0.3) is 0 Å². The SMILES string of the molecule is CCCc1nc(N)c(C)c(N2CC(CO)OCC2C)n1. The quantitative estimate of drug-likeness (QED) is 0.852. The number of aromatic nitrogens is 2. The summed E-state index contributed by atoms with van der Waals surface area (Å²) in [5.74, 6) is 2.19. The topological polar surface area (TPSA) is 84.5 Å². The molecule has 2 atom stereocenters. The van der Waals surface area contributed by atoms with E-state index in [4.69, 9.17) is 10.5 Å². The van der Waals surface area contributed by atoms with E-state index in [0.717, 1.165) is 30.0 Å². The molecule has 1 aromatic rings. The van der Waals surface area contributed by atoms with E-state index in [2.05, 4.69) is 28.7 Å². The number of ether oxygens (including phenoxy) is 1. The molecule has 1 aliphatic heterocycles. The van der Waals surface area contributed by atoms with E-state index in [-0.39, 0.29) is 18.8 Å². The van der Waals surface area contributed by atoms with Crippen LogP contribution < -0.4 is 10.6 Å². The van der Waals surface area contributed by atoms with Crippen LogP contribution in [0.15, 0.2) is 0 Å². The first-order valence-corrected chi connectivity index (χ1v) is 7.18. The van der Waals surface area contributed by atoms with E-state index in [1.165, 1.54) is 0 Å². The van der Waals surface area contributed by atoms with Gasteiger partial charge >= 0.3 is 0 Å². The van der Waals surface area contributed by atoms with Crippen molar-refractivity contribution in [3.05, 3.63) is 11.4 Å². The van der Waals surface area contributed by atoms with Crippen molar-refractivity contribution in [1.82, 2.24) is 9.97 Å². The minimum atomic E-state index is -0.170. The lowest BCUT2D eigenvalue weighted by molar-refractivity contribution is -0.0106. The number of morpholine rings is 1. The number of rotatable bonds is 4. The van der Waals surface area contributed by atoms with E-state index < -0.39 is 0 Å². The summed E-state index contributed by atoms with van der Waals surface area (Å²) < 4.78 is 5.57. The van der Waals surface area contributed by atoms with Crippen LogP contribution in [0.1, 0.15) is 31.7 Å². The molecule has 6 nitrogen and oxygen atoms in total. The molecule has 2 heterocycles. The van der Waals surface area contributed by atoms with Gasteiger partial charge in [-0.2, -0.15) is 0 Å². The van der Waals surface area contributed by atoms with Gasteiger partial charge < -0.3 is 20.5 Å². The van der Waals surface area contributed by atoms with Crippen molar-refractivity contribution in [3.8, 4) is 0 Å². The van der Waals surface area contributed by atoms with E-state index in [9.17, 15) is 5.11 Å². The lowest BCUT2D eigenvalue weighted by atomic mass is 10.1. The molecule has 0 aromatic carbocycles. The second-order valence-electron chi connectivity index (χ2n) is 5.36. The average molecular weight is 280 g/mol. The highest BCUT2D eigenvalue weighted by Crippen LogP contribution is 2.26. The molecule has 0 bridgehead atoms. The Labute approximate surface area is 120 Å². The summed E-state index contributed by atoms with van der Waals surface area (Å²) in [7, 11) is 0. The van der Waals surface area contributed by atoms with Crippen molar-refractivity contribution in [2.45, 2.75) is 45.8 Å². The van der Waals surface area contributed by atoms with Gasteiger partial charge in [0.15, 0.2) is 0 Å². The highest BCUT2D eigenvalue weighted by atomic mass is 16.5. The summed E-state index contributed by atoms with van der Waals surface area (Å²) >= 11 is 0. The molecule has 2 rings (SSSR count). The summed E-state index contributed by atoms with van der Waals surface area (Å²) in [5.41, 5.74) is 6.91. The predicted octanol–water partition coefficient (Wildman–Crippen LogP) is 0.906. The zero-order valence-corrected chi connectivity index (χ0v) is 12.5. The minimum Gasteiger partial charge on any atom is -0.394 e. The number of aliphatic hydroxyl groups excluding tert-OH is 1. The fourth-order valence-corrected chi connectivity index (χ4v) is 2.41. The van der Waals surface area contributed by atoms with Crippen LogP contribution in [0.2, 0.25) is 0 Å². The third kappa shape index (κ3) is 3.02. The fourth-order valence-electron chi connectivity index (χ4n) is 2.41. The molecule has 20 heavy (non-hydrogen) atoms. The van der Waals surface area contributed by atoms with E-state index >= 15 is 0 Å². The Hall–Kier alpha value is -1.40. The second kappa shape index (κ2) is 6.37. The van der Waals surface area contributed by atoms with Gasteiger partial charge in [0.2, 0.25) is 0 Å². The van der Waals surface area contributed by atoms with Crippen LogP contribution in [0, 0.1) is 6.92 Å². The third-order valence-corrected chi connectivity index (χ3v) is 3.66. The number of nitrogen functional groups attached to an aromatic ring is 1. The second-order valence-corrected chi connectivity index (χ2v) is 5.36. The van der Waals surface area contributed by atoms with Crippen LogP contribution in [0.3, 0.4) is 0 Å². The number of nitrogens with two attached hydrogens (primary N) is 1. The Morgan fingerprint density at radius 2 is 2.20 bits per heavy atom. The number of hydrogen-bond acceptors (Lipinski definition) is 6. The van der Waals surface area contributed by atoms with Gasteiger partial charge in [-0.25, -0.2) is 9.97 Å². The molecule has 0 aliphatic carbocycles. The van der Waals surface area contributed by atoms with Gasteiger partial charge in [-0.05, 0) is 20.3 Å². The Balaban J connectivity index is 2.34.